The van der Waals surface area contributed by atoms with E-state index in [0.717, 1.165) is 12.0 Å². The predicted molar refractivity (Wildman–Crippen MR) is 56.9 cm³/mol. The van der Waals surface area contributed by atoms with E-state index in [2.05, 4.69) is 4.99 Å². The topological polar surface area (TPSA) is 52.8 Å². The van der Waals surface area contributed by atoms with Crippen molar-refractivity contribution in [3.63, 3.8) is 0 Å². The first-order chi connectivity index (χ1) is 6.76. The zero-order chi connectivity index (χ0) is 10.4. The number of rotatable bonds is 4. The number of aliphatic hydroxyl groups is 1. The van der Waals surface area contributed by atoms with Crippen LogP contribution >= 0.6 is 0 Å². The quantitative estimate of drug-likeness (QED) is 0.713. The Bertz CT molecular complexity index is 306. The molecule has 0 saturated carbocycles. The smallest absolute Gasteiger partial charge is 0.116 e. The number of aromatic hydroxyl groups is 1. The Hall–Kier alpha value is -1.35. The standard InChI is InChI=1S/C11H15NO2/c1-2-10(8-13)12-7-9-4-3-5-11(14)6-9/h3-7,10,13-14H,2,8H2,1H3/t10-/m1/s1. The van der Waals surface area contributed by atoms with Crippen molar-refractivity contribution in [2.45, 2.75) is 19.4 Å². The predicted octanol–water partition coefficient (Wildman–Crippen LogP) is 1.58. The summed E-state index contributed by atoms with van der Waals surface area (Å²) in [4.78, 5) is 4.19. The van der Waals surface area contributed by atoms with E-state index in [9.17, 15) is 5.11 Å². The maximum Gasteiger partial charge on any atom is 0.116 e. The highest BCUT2D eigenvalue weighted by atomic mass is 16.3. The van der Waals surface area contributed by atoms with Gasteiger partial charge >= 0.3 is 0 Å². The van der Waals surface area contributed by atoms with Gasteiger partial charge in [-0.15, -0.1) is 0 Å². The van der Waals surface area contributed by atoms with Gasteiger partial charge in [0, 0.05) is 6.21 Å². The monoisotopic (exact) mass is 193 g/mol. The van der Waals surface area contributed by atoms with Crippen molar-refractivity contribution in [1.29, 1.82) is 0 Å². The molecule has 0 unspecified atom stereocenters. The van der Waals surface area contributed by atoms with Crippen LogP contribution in [0.5, 0.6) is 5.75 Å². The van der Waals surface area contributed by atoms with Gasteiger partial charge in [0.25, 0.3) is 0 Å². The maximum absolute atomic E-state index is 9.18. The van der Waals surface area contributed by atoms with E-state index >= 15 is 0 Å². The Labute approximate surface area is 83.7 Å². The SMILES string of the molecule is CC[C@H](CO)N=Cc1cccc(O)c1. The van der Waals surface area contributed by atoms with Crippen LogP contribution < -0.4 is 0 Å². The second-order valence-electron chi connectivity index (χ2n) is 3.12. The maximum atomic E-state index is 9.18. The molecule has 0 spiro atoms. The molecule has 0 fully saturated rings. The van der Waals surface area contributed by atoms with E-state index in [-0.39, 0.29) is 18.4 Å². The van der Waals surface area contributed by atoms with Crippen molar-refractivity contribution >= 4 is 6.21 Å². The lowest BCUT2D eigenvalue weighted by Crippen LogP contribution is -2.08. The van der Waals surface area contributed by atoms with Crippen LogP contribution in [-0.4, -0.2) is 29.1 Å². The minimum atomic E-state index is -0.0441. The largest absolute Gasteiger partial charge is 0.508 e. The van der Waals surface area contributed by atoms with Crippen molar-refractivity contribution in [2.75, 3.05) is 6.61 Å². The molecule has 0 heterocycles. The molecule has 3 heteroatoms. The summed E-state index contributed by atoms with van der Waals surface area (Å²) in [7, 11) is 0. The highest BCUT2D eigenvalue weighted by Gasteiger charge is 1.99. The molecular formula is C11H15NO2. The normalized spacial score (nSPS) is 13.3. The Kier molecular flexibility index (Phi) is 4.13. The van der Waals surface area contributed by atoms with Gasteiger partial charge in [-0.25, -0.2) is 0 Å². The highest BCUT2D eigenvalue weighted by molar-refractivity contribution is 5.80. The summed E-state index contributed by atoms with van der Waals surface area (Å²) in [6, 6.07) is 6.82. The molecule has 2 N–H and O–H groups in total. The first-order valence-corrected chi connectivity index (χ1v) is 4.69. The third-order valence-corrected chi connectivity index (χ3v) is 1.99. The molecular weight excluding hydrogens is 178 g/mol. The van der Waals surface area contributed by atoms with Crippen LogP contribution in [0.3, 0.4) is 0 Å². The van der Waals surface area contributed by atoms with Gasteiger partial charge in [-0.3, -0.25) is 4.99 Å². The minimum absolute atomic E-state index is 0.0441. The Morgan fingerprint density at radius 3 is 2.86 bits per heavy atom. The zero-order valence-electron chi connectivity index (χ0n) is 8.22. The summed E-state index contributed by atoms with van der Waals surface area (Å²) < 4.78 is 0. The fourth-order valence-electron chi connectivity index (χ4n) is 1.08. The molecule has 0 aliphatic carbocycles. The molecule has 1 atom stereocenters. The summed E-state index contributed by atoms with van der Waals surface area (Å²) >= 11 is 0. The summed E-state index contributed by atoms with van der Waals surface area (Å²) in [5.41, 5.74) is 0.844. The van der Waals surface area contributed by atoms with E-state index in [4.69, 9.17) is 5.11 Å². The summed E-state index contributed by atoms with van der Waals surface area (Å²) in [5.74, 6) is 0.228. The number of hydrogen-bond acceptors (Lipinski definition) is 3. The van der Waals surface area contributed by atoms with Gasteiger partial charge in [-0.2, -0.15) is 0 Å². The lowest BCUT2D eigenvalue weighted by molar-refractivity contribution is 0.264. The number of aliphatic hydroxyl groups excluding tert-OH is 1. The van der Waals surface area contributed by atoms with Gasteiger partial charge < -0.3 is 10.2 Å². The fraction of sp³-hybridized carbons (Fsp3) is 0.364. The van der Waals surface area contributed by atoms with Crippen molar-refractivity contribution in [1.82, 2.24) is 0 Å². The lowest BCUT2D eigenvalue weighted by Gasteiger charge is -2.03. The molecule has 3 nitrogen and oxygen atoms in total. The molecule has 0 saturated heterocycles. The van der Waals surface area contributed by atoms with Crippen molar-refractivity contribution in [3.05, 3.63) is 29.8 Å². The van der Waals surface area contributed by atoms with Crippen molar-refractivity contribution < 1.29 is 10.2 Å². The molecule has 1 aromatic carbocycles. The number of hydrogen-bond donors (Lipinski definition) is 2. The first-order valence-electron chi connectivity index (χ1n) is 4.69. The molecule has 76 valence electrons. The van der Waals surface area contributed by atoms with Gasteiger partial charge in [0.15, 0.2) is 0 Å². The van der Waals surface area contributed by atoms with Crippen molar-refractivity contribution in [2.24, 2.45) is 4.99 Å². The van der Waals surface area contributed by atoms with Crippen LogP contribution in [-0.2, 0) is 0 Å². The van der Waals surface area contributed by atoms with E-state index < -0.39 is 0 Å². The zero-order valence-corrected chi connectivity index (χ0v) is 8.22. The Balaban J connectivity index is 2.67. The summed E-state index contributed by atoms with van der Waals surface area (Å²) in [6.45, 7) is 2.03. The summed E-state index contributed by atoms with van der Waals surface area (Å²) in [5, 5.41) is 18.1. The number of nitrogens with zero attached hydrogens (tertiary/aromatic N) is 1. The average Bonchev–Trinajstić information content (AvgIpc) is 2.19. The second kappa shape index (κ2) is 5.40. The Morgan fingerprint density at radius 2 is 2.29 bits per heavy atom. The third kappa shape index (κ3) is 3.18. The molecule has 0 aromatic heterocycles. The first kappa shape index (κ1) is 10.7. The van der Waals surface area contributed by atoms with E-state index in [0.29, 0.717) is 0 Å². The molecule has 0 radical (unpaired) electrons. The molecule has 0 aliphatic rings. The van der Waals surface area contributed by atoms with Gasteiger partial charge in [-0.1, -0.05) is 19.1 Å². The van der Waals surface area contributed by atoms with E-state index in [1.54, 1.807) is 24.4 Å². The third-order valence-electron chi connectivity index (χ3n) is 1.99. The van der Waals surface area contributed by atoms with Crippen molar-refractivity contribution in [3.8, 4) is 5.75 Å². The fourth-order valence-corrected chi connectivity index (χ4v) is 1.08. The van der Waals surface area contributed by atoms with Gasteiger partial charge in [-0.05, 0) is 24.1 Å². The van der Waals surface area contributed by atoms with Crippen LogP contribution in [0.2, 0.25) is 0 Å². The van der Waals surface area contributed by atoms with Crippen LogP contribution in [0.25, 0.3) is 0 Å². The van der Waals surface area contributed by atoms with Crippen LogP contribution in [0.4, 0.5) is 0 Å². The molecule has 0 amide bonds. The second-order valence-corrected chi connectivity index (χ2v) is 3.12. The molecule has 14 heavy (non-hydrogen) atoms. The number of aliphatic imine (C=N–C) groups is 1. The van der Waals surface area contributed by atoms with E-state index in [1.807, 2.05) is 13.0 Å². The molecule has 1 aromatic rings. The number of phenols is 1. The molecule has 0 bridgehead atoms. The summed E-state index contributed by atoms with van der Waals surface area (Å²) in [6.07, 6.45) is 2.48. The van der Waals surface area contributed by atoms with Gasteiger partial charge in [0.1, 0.15) is 5.75 Å². The average molecular weight is 193 g/mol. The molecule has 0 aliphatic heterocycles. The number of phenolic OH excluding ortho intramolecular Hbond substituents is 1. The number of benzene rings is 1. The molecule has 1 rings (SSSR count). The van der Waals surface area contributed by atoms with Gasteiger partial charge in [0.05, 0.1) is 12.6 Å². The highest BCUT2D eigenvalue weighted by Crippen LogP contribution is 2.09. The van der Waals surface area contributed by atoms with Crippen LogP contribution in [0, 0.1) is 0 Å². The van der Waals surface area contributed by atoms with E-state index in [1.165, 1.54) is 0 Å². The lowest BCUT2D eigenvalue weighted by atomic mass is 10.2. The Morgan fingerprint density at radius 1 is 1.50 bits per heavy atom. The van der Waals surface area contributed by atoms with Crippen LogP contribution in [0.1, 0.15) is 18.9 Å². The van der Waals surface area contributed by atoms with Gasteiger partial charge in [0.2, 0.25) is 0 Å². The minimum Gasteiger partial charge on any atom is -0.508 e. The van der Waals surface area contributed by atoms with Crippen LogP contribution in [0.15, 0.2) is 29.3 Å².